The fraction of sp³-hybridized carbons (Fsp3) is 0. The van der Waals surface area contributed by atoms with E-state index in [1.807, 2.05) is 0 Å². The maximum Gasteiger partial charge on any atom is 2.00 e. The Hall–Kier alpha value is -1.15. The number of rotatable bonds is 5. The molecule has 0 bridgehead atoms. The molecule has 2 N–H and O–H groups in total. The summed E-state index contributed by atoms with van der Waals surface area (Å²) in [6.07, 6.45) is 0. The SMILES string of the molecule is O=C(O)c1ccccc1SSc1ccccc1C(=O)O.[H-].[H-].[Mg+2]. The minimum absolute atomic E-state index is 0. The molecule has 0 aliphatic carbocycles. The fourth-order valence-corrected chi connectivity index (χ4v) is 3.87. The molecule has 0 fully saturated rings. The van der Waals surface area contributed by atoms with Gasteiger partial charge in [-0.1, -0.05) is 45.9 Å². The van der Waals surface area contributed by atoms with Crippen molar-refractivity contribution in [3.63, 3.8) is 0 Å². The van der Waals surface area contributed by atoms with Crippen LogP contribution in [0.5, 0.6) is 0 Å². The third-order valence-corrected chi connectivity index (χ3v) is 4.94. The van der Waals surface area contributed by atoms with Gasteiger partial charge in [-0.3, -0.25) is 0 Å². The number of aromatic carboxylic acids is 2. The Morgan fingerprint density at radius 2 is 1.10 bits per heavy atom. The van der Waals surface area contributed by atoms with E-state index >= 15 is 0 Å². The van der Waals surface area contributed by atoms with Crippen LogP contribution >= 0.6 is 21.6 Å². The van der Waals surface area contributed by atoms with Gasteiger partial charge in [-0.25, -0.2) is 9.59 Å². The third-order valence-electron chi connectivity index (χ3n) is 2.46. The summed E-state index contributed by atoms with van der Waals surface area (Å²) in [7, 11) is 2.47. The van der Waals surface area contributed by atoms with Crippen LogP contribution in [-0.2, 0) is 0 Å². The van der Waals surface area contributed by atoms with Gasteiger partial charge in [-0.2, -0.15) is 0 Å². The smallest absolute Gasteiger partial charge is 1.00 e. The van der Waals surface area contributed by atoms with Crippen molar-refractivity contribution in [3.05, 3.63) is 59.7 Å². The summed E-state index contributed by atoms with van der Waals surface area (Å²) in [5, 5.41) is 18.2. The van der Waals surface area contributed by atoms with Crippen LogP contribution in [0.3, 0.4) is 0 Å². The Kier molecular flexibility index (Phi) is 7.10. The number of carbonyl (C=O) groups is 2. The van der Waals surface area contributed by atoms with Gasteiger partial charge in [0.2, 0.25) is 0 Å². The minimum Gasteiger partial charge on any atom is -1.00 e. The quantitative estimate of drug-likeness (QED) is 0.642. The summed E-state index contributed by atoms with van der Waals surface area (Å²) in [5.41, 5.74) is 0.413. The van der Waals surface area contributed by atoms with E-state index in [1.54, 1.807) is 36.4 Å². The Morgan fingerprint density at radius 1 is 0.762 bits per heavy atom. The summed E-state index contributed by atoms with van der Waals surface area (Å²) in [5.74, 6) is -2.00. The maximum absolute atomic E-state index is 11.1. The molecule has 0 saturated heterocycles. The van der Waals surface area contributed by atoms with Gasteiger partial charge in [-0.05, 0) is 24.3 Å². The van der Waals surface area contributed by atoms with E-state index in [9.17, 15) is 9.59 Å². The molecule has 0 amide bonds. The van der Waals surface area contributed by atoms with Crippen LogP contribution in [0.25, 0.3) is 0 Å². The normalized spacial score (nSPS) is 9.71. The van der Waals surface area contributed by atoms with E-state index in [0.717, 1.165) is 0 Å². The van der Waals surface area contributed by atoms with Crippen molar-refractivity contribution < 1.29 is 22.7 Å². The zero-order valence-electron chi connectivity index (χ0n) is 12.9. The molecule has 0 heterocycles. The van der Waals surface area contributed by atoms with Gasteiger partial charge < -0.3 is 13.1 Å². The number of carboxylic acids is 2. The first kappa shape index (κ1) is 17.9. The van der Waals surface area contributed by atoms with Gasteiger partial charge in [0, 0.05) is 9.79 Å². The first-order chi connectivity index (χ1) is 9.59. The molecule has 2 rings (SSSR count). The molecule has 0 aliphatic rings. The Balaban J connectivity index is 0. The monoisotopic (exact) mass is 332 g/mol. The topological polar surface area (TPSA) is 74.6 Å². The molecule has 0 aromatic heterocycles. The zero-order chi connectivity index (χ0) is 14.5. The predicted molar refractivity (Wildman–Crippen MR) is 86.5 cm³/mol. The van der Waals surface area contributed by atoms with Crippen LogP contribution in [0.2, 0.25) is 0 Å². The van der Waals surface area contributed by atoms with Crippen LogP contribution in [-0.4, -0.2) is 45.2 Å². The molecular formula is C14H12MgO4S2. The fourth-order valence-electron chi connectivity index (χ4n) is 1.52. The number of hydrogen-bond acceptors (Lipinski definition) is 4. The van der Waals surface area contributed by atoms with Crippen LogP contribution in [0.1, 0.15) is 23.6 Å². The summed E-state index contributed by atoms with van der Waals surface area (Å²) in [6, 6.07) is 13.3. The Bertz CT molecular complexity index is 613. The second-order valence-corrected chi connectivity index (χ2v) is 5.98. The van der Waals surface area contributed by atoms with E-state index in [2.05, 4.69) is 0 Å². The molecule has 21 heavy (non-hydrogen) atoms. The van der Waals surface area contributed by atoms with Crippen LogP contribution in [0, 0.1) is 0 Å². The molecule has 0 unspecified atom stereocenters. The standard InChI is InChI=1S/C14H10O4S2.Mg.2H/c15-13(16)9-5-1-3-7-11(9)19-20-12-8-4-2-6-10(12)14(17)18;;;/h1-8H,(H,15,16)(H,17,18);;;/q;+2;2*-1. The maximum atomic E-state index is 11.1. The van der Waals surface area contributed by atoms with E-state index < -0.39 is 11.9 Å². The van der Waals surface area contributed by atoms with Crippen molar-refractivity contribution in [2.45, 2.75) is 9.79 Å². The van der Waals surface area contributed by atoms with Crippen LogP contribution in [0.4, 0.5) is 0 Å². The molecule has 2 aromatic carbocycles. The van der Waals surface area contributed by atoms with E-state index in [4.69, 9.17) is 10.2 Å². The van der Waals surface area contributed by atoms with Crippen molar-refractivity contribution in [3.8, 4) is 0 Å². The van der Waals surface area contributed by atoms with Crippen LogP contribution in [0.15, 0.2) is 58.3 Å². The van der Waals surface area contributed by atoms with Gasteiger partial charge in [0.15, 0.2) is 0 Å². The Morgan fingerprint density at radius 3 is 1.43 bits per heavy atom. The van der Waals surface area contributed by atoms with Crippen molar-refractivity contribution in [1.82, 2.24) is 0 Å². The summed E-state index contributed by atoms with van der Waals surface area (Å²) in [4.78, 5) is 23.4. The minimum atomic E-state index is -1.000. The zero-order valence-corrected chi connectivity index (χ0v) is 13.9. The second-order valence-electron chi connectivity index (χ2n) is 3.77. The third kappa shape index (κ3) is 4.67. The predicted octanol–water partition coefficient (Wildman–Crippen LogP) is 3.73. The van der Waals surface area contributed by atoms with Gasteiger partial charge in [0.25, 0.3) is 0 Å². The Labute approximate surface area is 148 Å². The van der Waals surface area contributed by atoms with Crippen molar-refractivity contribution in [1.29, 1.82) is 0 Å². The molecular weight excluding hydrogens is 321 g/mol. The van der Waals surface area contributed by atoms with Gasteiger partial charge in [0.05, 0.1) is 11.1 Å². The molecule has 106 valence electrons. The summed E-state index contributed by atoms with van der Waals surface area (Å²) in [6.45, 7) is 0. The summed E-state index contributed by atoms with van der Waals surface area (Å²) >= 11 is 0. The van der Waals surface area contributed by atoms with Gasteiger partial charge in [0.1, 0.15) is 0 Å². The first-order valence-electron chi connectivity index (χ1n) is 5.59. The number of carboxylic acid groups (broad SMARTS) is 2. The van der Waals surface area contributed by atoms with E-state index in [0.29, 0.717) is 9.79 Å². The largest absolute Gasteiger partial charge is 2.00 e. The van der Waals surface area contributed by atoms with E-state index in [-0.39, 0.29) is 37.0 Å². The van der Waals surface area contributed by atoms with E-state index in [1.165, 1.54) is 33.7 Å². The average molecular weight is 333 g/mol. The molecule has 0 spiro atoms. The molecule has 0 saturated carbocycles. The van der Waals surface area contributed by atoms with Crippen molar-refractivity contribution >= 4 is 56.6 Å². The summed E-state index contributed by atoms with van der Waals surface area (Å²) < 4.78 is 0. The van der Waals surface area contributed by atoms with Crippen molar-refractivity contribution in [2.75, 3.05) is 0 Å². The van der Waals surface area contributed by atoms with Crippen LogP contribution < -0.4 is 0 Å². The molecule has 0 atom stereocenters. The molecule has 4 nitrogen and oxygen atoms in total. The van der Waals surface area contributed by atoms with Crippen molar-refractivity contribution in [2.24, 2.45) is 0 Å². The first-order valence-corrected chi connectivity index (χ1v) is 7.73. The average Bonchev–Trinajstić information content (AvgIpc) is 2.45. The molecule has 2 aromatic rings. The molecule has 0 radical (unpaired) electrons. The number of benzene rings is 2. The van der Waals surface area contributed by atoms with Gasteiger partial charge >= 0.3 is 35.0 Å². The second kappa shape index (κ2) is 8.33. The molecule has 7 heteroatoms. The molecule has 0 aliphatic heterocycles. The number of hydrogen-bond donors (Lipinski definition) is 2. The van der Waals surface area contributed by atoms with Gasteiger partial charge in [-0.15, -0.1) is 0 Å².